The van der Waals surface area contributed by atoms with Crippen molar-refractivity contribution < 1.29 is 14.3 Å². The second-order valence-electron chi connectivity index (χ2n) is 9.11. The summed E-state index contributed by atoms with van der Waals surface area (Å²) in [6.45, 7) is 6.19. The first-order valence-electron chi connectivity index (χ1n) is 9.71. The van der Waals surface area contributed by atoms with Gasteiger partial charge in [-0.15, -0.1) is 0 Å². The molecule has 4 aliphatic carbocycles. The molecule has 0 aromatic carbocycles. The molecule has 0 aromatic heterocycles. The zero-order valence-electron chi connectivity index (χ0n) is 14.9. The Bertz CT molecular complexity index is 654. The Hall–Kier alpha value is -0.930. The van der Waals surface area contributed by atoms with Crippen LogP contribution in [0.25, 0.3) is 0 Å². The monoisotopic (exact) mass is 328 g/mol. The maximum absolute atomic E-state index is 12.4. The number of hydrogen-bond donors (Lipinski definition) is 0. The zero-order chi connectivity index (χ0) is 16.6. The summed E-state index contributed by atoms with van der Waals surface area (Å²) in [5, 5.41) is 0. The molecule has 5 rings (SSSR count). The van der Waals surface area contributed by atoms with Gasteiger partial charge in [0.15, 0.2) is 11.6 Å². The van der Waals surface area contributed by atoms with Crippen LogP contribution in [0.4, 0.5) is 0 Å². The largest absolute Gasteiger partial charge is 0.348 e. The van der Waals surface area contributed by atoms with Gasteiger partial charge in [0.25, 0.3) is 0 Å². The third-order valence-corrected chi connectivity index (χ3v) is 8.15. The number of allylic oxidation sites excluding steroid dienone is 4. The molecule has 2 saturated carbocycles. The molecule has 1 heterocycles. The summed E-state index contributed by atoms with van der Waals surface area (Å²) in [4.78, 5) is 12.4. The van der Waals surface area contributed by atoms with E-state index in [-0.39, 0.29) is 11.2 Å². The predicted molar refractivity (Wildman–Crippen MR) is 91.3 cm³/mol. The Labute approximate surface area is 144 Å². The Morgan fingerprint density at radius 2 is 1.83 bits per heavy atom. The molecule has 1 saturated heterocycles. The molecule has 4 atom stereocenters. The molecule has 0 bridgehead atoms. The molecule has 3 nitrogen and oxygen atoms in total. The molecule has 0 aromatic rings. The molecule has 1 aliphatic heterocycles. The van der Waals surface area contributed by atoms with Crippen LogP contribution in [0.1, 0.15) is 58.8 Å². The first-order chi connectivity index (χ1) is 11.5. The van der Waals surface area contributed by atoms with Crippen LogP contribution in [0.5, 0.6) is 0 Å². The number of rotatable bonds is 0. The van der Waals surface area contributed by atoms with Gasteiger partial charge in [-0.1, -0.05) is 18.6 Å². The minimum absolute atomic E-state index is 0.220. The van der Waals surface area contributed by atoms with Gasteiger partial charge in [-0.25, -0.2) is 0 Å². The van der Waals surface area contributed by atoms with Crippen molar-refractivity contribution in [2.24, 2.45) is 22.7 Å². The smallest absolute Gasteiger partial charge is 0.168 e. The van der Waals surface area contributed by atoms with Gasteiger partial charge in [-0.05, 0) is 67.9 Å². The highest BCUT2D eigenvalue weighted by Gasteiger charge is 2.57. The second kappa shape index (κ2) is 4.82. The fourth-order valence-electron chi connectivity index (χ4n) is 6.56. The van der Waals surface area contributed by atoms with Gasteiger partial charge in [-0.2, -0.15) is 0 Å². The van der Waals surface area contributed by atoms with E-state index < -0.39 is 0 Å². The Balaban J connectivity index is 1.50. The molecular formula is C21H28O3. The van der Waals surface area contributed by atoms with Gasteiger partial charge >= 0.3 is 0 Å². The maximum atomic E-state index is 12.4. The Morgan fingerprint density at radius 1 is 1.04 bits per heavy atom. The number of ketones is 1. The lowest BCUT2D eigenvalue weighted by atomic mass is 9.49. The average molecular weight is 328 g/mol. The van der Waals surface area contributed by atoms with Crippen LogP contribution < -0.4 is 0 Å². The van der Waals surface area contributed by atoms with Crippen molar-refractivity contribution in [2.75, 3.05) is 13.2 Å². The Kier molecular flexibility index (Phi) is 3.08. The minimum Gasteiger partial charge on any atom is -0.348 e. The van der Waals surface area contributed by atoms with E-state index in [0.29, 0.717) is 23.0 Å². The van der Waals surface area contributed by atoms with Crippen molar-refractivity contribution in [3.63, 3.8) is 0 Å². The maximum Gasteiger partial charge on any atom is 0.168 e. The van der Waals surface area contributed by atoms with Gasteiger partial charge in [0.05, 0.1) is 18.6 Å². The molecule has 3 fully saturated rings. The van der Waals surface area contributed by atoms with E-state index in [0.717, 1.165) is 38.9 Å². The van der Waals surface area contributed by atoms with Crippen LogP contribution in [0.2, 0.25) is 0 Å². The summed E-state index contributed by atoms with van der Waals surface area (Å²) in [6, 6.07) is 0. The molecule has 0 amide bonds. The summed E-state index contributed by atoms with van der Waals surface area (Å²) in [5.74, 6) is 1.38. The summed E-state index contributed by atoms with van der Waals surface area (Å²) in [7, 11) is 0. The van der Waals surface area contributed by atoms with E-state index >= 15 is 0 Å². The van der Waals surface area contributed by atoms with Crippen molar-refractivity contribution in [1.82, 2.24) is 0 Å². The average Bonchev–Trinajstić information content (AvgIpc) is 3.14. The molecular weight excluding hydrogens is 300 g/mol. The lowest BCUT2D eigenvalue weighted by Crippen LogP contribution is -2.52. The van der Waals surface area contributed by atoms with Crippen LogP contribution in [0, 0.1) is 22.7 Å². The van der Waals surface area contributed by atoms with Crippen molar-refractivity contribution in [1.29, 1.82) is 0 Å². The summed E-state index contributed by atoms with van der Waals surface area (Å²) in [5.41, 5.74) is 3.11. The normalized spacial score (nSPS) is 46.2. The van der Waals surface area contributed by atoms with Crippen LogP contribution in [0.15, 0.2) is 23.3 Å². The molecule has 1 spiro atoms. The van der Waals surface area contributed by atoms with Crippen LogP contribution in [-0.2, 0) is 14.3 Å². The number of hydrogen-bond acceptors (Lipinski definition) is 3. The molecule has 0 N–H and O–H groups in total. The van der Waals surface area contributed by atoms with Gasteiger partial charge < -0.3 is 9.47 Å². The quantitative estimate of drug-likeness (QED) is 0.669. The molecule has 130 valence electrons. The van der Waals surface area contributed by atoms with Crippen molar-refractivity contribution >= 4 is 5.78 Å². The zero-order valence-corrected chi connectivity index (χ0v) is 14.9. The number of carbonyl (C=O) groups excluding carboxylic acids is 1. The van der Waals surface area contributed by atoms with Gasteiger partial charge in [-0.3, -0.25) is 4.79 Å². The van der Waals surface area contributed by atoms with Crippen LogP contribution >= 0.6 is 0 Å². The van der Waals surface area contributed by atoms with E-state index in [1.54, 1.807) is 5.57 Å². The van der Waals surface area contributed by atoms with Crippen molar-refractivity contribution in [3.05, 3.63) is 23.3 Å². The highest BCUT2D eigenvalue weighted by molar-refractivity contribution is 6.01. The molecule has 5 aliphatic rings. The van der Waals surface area contributed by atoms with E-state index in [1.807, 2.05) is 6.08 Å². The van der Waals surface area contributed by atoms with Crippen LogP contribution in [0.3, 0.4) is 0 Å². The molecule has 0 radical (unpaired) electrons. The highest BCUT2D eigenvalue weighted by Crippen LogP contribution is 2.63. The van der Waals surface area contributed by atoms with E-state index in [1.165, 1.54) is 24.8 Å². The number of fused-ring (bicyclic) bond motifs is 4. The second-order valence-corrected chi connectivity index (χ2v) is 9.11. The van der Waals surface area contributed by atoms with E-state index in [2.05, 4.69) is 19.9 Å². The van der Waals surface area contributed by atoms with E-state index in [4.69, 9.17) is 9.47 Å². The van der Waals surface area contributed by atoms with Crippen molar-refractivity contribution in [2.45, 2.75) is 64.6 Å². The number of carbonyl (C=O) groups is 1. The summed E-state index contributed by atoms with van der Waals surface area (Å²) >= 11 is 0. The Morgan fingerprint density at radius 3 is 2.62 bits per heavy atom. The fraction of sp³-hybridized carbons (Fsp3) is 0.762. The first-order valence-corrected chi connectivity index (χ1v) is 9.71. The van der Waals surface area contributed by atoms with Crippen LogP contribution in [-0.4, -0.2) is 24.8 Å². The molecule has 3 heteroatoms. The van der Waals surface area contributed by atoms with Crippen molar-refractivity contribution in [3.8, 4) is 0 Å². The predicted octanol–water partition coefficient (Wildman–Crippen LogP) is 4.18. The fourth-order valence-corrected chi connectivity index (χ4v) is 6.56. The molecule has 1 unspecified atom stereocenters. The molecule has 24 heavy (non-hydrogen) atoms. The third-order valence-electron chi connectivity index (χ3n) is 8.15. The van der Waals surface area contributed by atoms with Gasteiger partial charge in [0.1, 0.15) is 0 Å². The van der Waals surface area contributed by atoms with Gasteiger partial charge in [0.2, 0.25) is 0 Å². The topological polar surface area (TPSA) is 35.5 Å². The highest BCUT2D eigenvalue weighted by atomic mass is 16.7. The number of ether oxygens (including phenoxy) is 2. The van der Waals surface area contributed by atoms with E-state index in [9.17, 15) is 4.79 Å². The lowest BCUT2D eigenvalue weighted by molar-refractivity contribution is -0.215. The standard InChI is InChI=1S/C21H28O3/c1-19-9-10-21(23-11-12-24-21)13-14(19)3-4-15-16-5-6-18(22)20(16,2)8-7-17(15)19/h5-6,14,17H,3-4,7-13H2,1-2H3/t14?,17-,19-,20-/m0/s1. The minimum atomic E-state index is -0.277. The SMILES string of the molecule is C[C@]12CC[C@H]3C(=C1C=CC2=O)CCC1CC2(CC[C@@]13C)OCCO2. The first kappa shape index (κ1) is 15.3. The summed E-state index contributed by atoms with van der Waals surface area (Å²) in [6.07, 6.45) is 11.8. The summed E-state index contributed by atoms with van der Waals surface area (Å²) < 4.78 is 12.0. The third kappa shape index (κ3) is 1.83. The van der Waals surface area contributed by atoms with Gasteiger partial charge in [0, 0.05) is 12.8 Å². The lowest BCUT2D eigenvalue weighted by Gasteiger charge is -2.57.